The Morgan fingerprint density at radius 1 is 1.11 bits per heavy atom. The molecule has 100 valence electrons. The molecule has 2 rings (SSSR count). The van der Waals surface area contributed by atoms with E-state index in [0.717, 1.165) is 17.3 Å². The predicted octanol–water partition coefficient (Wildman–Crippen LogP) is 4.19. The molecule has 0 bridgehead atoms. The molecule has 1 aromatic rings. The van der Waals surface area contributed by atoms with Gasteiger partial charge in [0.2, 0.25) is 0 Å². The molecule has 0 N–H and O–H groups in total. The molecule has 0 unspecified atom stereocenters. The second-order valence-electron chi connectivity index (χ2n) is 4.72. The van der Waals surface area contributed by atoms with Crippen LogP contribution in [0.15, 0.2) is 28.7 Å². The third-order valence-corrected chi connectivity index (χ3v) is 3.86. The molecule has 1 heterocycles. The van der Waals surface area contributed by atoms with Gasteiger partial charge in [0.15, 0.2) is 0 Å². The first-order valence-electron chi connectivity index (χ1n) is 5.98. The smallest absolute Gasteiger partial charge is 0.295 e. The maximum Gasteiger partial charge on any atom is 0.401 e. The standard InChI is InChI=1S/C13H15BrF3N/c14-12-3-1-10(2-4-12)11-5-7-18(8-6-11)9-13(15,16)17/h1-4,11H,5-9H2. The number of nitrogens with zero attached hydrogens (tertiary/aromatic N) is 1. The van der Waals surface area contributed by atoms with Gasteiger partial charge in [-0.2, -0.15) is 13.2 Å². The Hall–Kier alpha value is -0.550. The Bertz CT molecular complexity index is 380. The van der Waals surface area contributed by atoms with E-state index < -0.39 is 12.7 Å². The molecule has 0 spiro atoms. The number of halogens is 4. The summed E-state index contributed by atoms with van der Waals surface area (Å²) in [5, 5.41) is 0. The van der Waals surface area contributed by atoms with Gasteiger partial charge in [0.05, 0.1) is 6.54 Å². The number of likely N-dealkylation sites (tertiary alicyclic amines) is 1. The van der Waals surface area contributed by atoms with E-state index in [0.29, 0.717) is 19.0 Å². The molecule has 0 radical (unpaired) electrons. The highest BCUT2D eigenvalue weighted by Crippen LogP contribution is 2.30. The number of hydrogen-bond donors (Lipinski definition) is 0. The molecule has 0 aromatic heterocycles. The second kappa shape index (κ2) is 5.61. The predicted molar refractivity (Wildman–Crippen MR) is 68.6 cm³/mol. The fourth-order valence-electron chi connectivity index (χ4n) is 2.41. The molecule has 0 atom stereocenters. The highest BCUT2D eigenvalue weighted by Gasteiger charge is 2.32. The molecule has 1 aliphatic heterocycles. The van der Waals surface area contributed by atoms with Gasteiger partial charge in [-0.3, -0.25) is 4.90 Å². The lowest BCUT2D eigenvalue weighted by molar-refractivity contribution is -0.147. The monoisotopic (exact) mass is 321 g/mol. The fraction of sp³-hybridized carbons (Fsp3) is 0.538. The second-order valence-corrected chi connectivity index (χ2v) is 5.63. The summed E-state index contributed by atoms with van der Waals surface area (Å²) < 4.78 is 37.8. The van der Waals surface area contributed by atoms with Crippen LogP contribution in [0, 0.1) is 0 Å². The molecule has 0 amide bonds. The van der Waals surface area contributed by atoms with Crippen LogP contribution in [-0.2, 0) is 0 Å². The van der Waals surface area contributed by atoms with E-state index in [2.05, 4.69) is 15.9 Å². The Morgan fingerprint density at radius 3 is 2.17 bits per heavy atom. The van der Waals surface area contributed by atoms with Crippen LogP contribution in [0.2, 0.25) is 0 Å². The molecule has 1 saturated heterocycles. The zero-order chi connectivity index (χ0) is 13.2. The van der Waals surface area contributed by atoms with Gasteiger partial charge < -0.3 is 0 Å². The van der Waals surface area contributed by atoms with Gasteiger partial charge in [0.1, 0.15) is 0 Å². The fourth-order valence-corrected chi connectivity index (χ4v) is 2.68. The van der Waals surface area contributed by atoms with Crippen molar-refractivity contribution >= 4 is 15.9 Å². The van der Waals surface area contributed by atoms with E-state index >= 15 is 0 Å². The van der Waals surface area contributed by atoms with E-state index in [-0.39, 0.29) is 0 Å². The Morgan fingerprint density at radius 2 is 1.67 bits per heavy atom. The largest absolute Gasteiger partial charge is 0.401 e. The number of hydrogen-bond acceptors (Lipinski definition) is 1. The van der Waals surface area contributed by atoms with Crippen molar-refractivity contribution in [2.75, 3.05) is 19.6 Å². The molecule has 1 aliphatic rings. The van der Waals surface area contributed by atoms with Crippen LogP contribution in [0.25, 0.3) is 0 Å². The van der Waals surface area contributed by atoms with Crippen LogP contribution in [0.1, 0.15) is 24.3 Å². The average molecular weight is 322 g/mol. The van der Waals surface area contributed by atoms with Gasteiger partial charge in [-0.25, -0.2) is 0 Å². The minimum atomic E-state index is -4.08. The summed E-state index contributed by atoms with van der Waals surface area (Å²) in [5.74, 6) is 0.391. The topological polar surface area (TPSA) is 3.24 Å². The lowest BCUT2D eigenvalue weighted by Gasteiger charge is -2.32. The number of rotatable bonds is 2. The number of benzene rings is 1. The molecular formula is C13H15BrF3N. The summed E-state index contributed by atoms with van der Waals surface area (Å²) in [4.78, 5) is 1.50. The highest BCUT2D eigenvalue weighted by molar-refractivity contribution is 9.10. The zero-order valence-corrected chi connectivity index (χ0v) is 11.5. The number of piperidine rings is 1. The highest BCUT2D eigenvalue weighted by atomic mass is 79.9. The molecule has 0 saturated carbocycles. The van der Waals surface area contributed by atoms with E-state index in [9.17, 15) is 13.2 Å². The normalized spacial score (nSPS) is 19.1. The lowest BCUT2D eigenvalue weighted by atomic mass is 9.89. The van der Waals surface area contributed by atoms with Crippen molar-refractivity contribution in [3.05, 3.63) is 34.3 Å². The van der Waals surface area contributed by atoms with Crippen molar-refractivity contribution in [2.24, 2.45) is 0 Å². The third-order valence-electron chi connectivity index (χ3n) is 3.33. The minimum Gasteiger partial charge on any atom is -0.295 e. The summed E-state index contributed by atoms with van der Waals surface area (Å²) in [7, 11) is 0. The van der Waals surface area contributed by atoms with Crippen molar-refractivity contribution in [3.8, 4) is 0 Å². The SMILES string of the molecule is FC(F)(F)CN1CCC(c2ccc(Br)cc2)CC1. The zero-order valence-electron chi connectivity index (χ0n) is 9.88. The van der Waals surface area contributed by atoms with E-state index in [1.807, 2.05) is 24.3 Å². The van der Waals surface area contributed by atoms with Gasteiger partial charge in [-0.05, 0) is 49.5 Å². The molecule has 1 fully saturated rings. The van der Waals surface area contributed by atoms with Gasteiger partial charge in [0.25, 0.3) is 0 Å². The maximum absolute atomic E-state index is 12.3. The lowest BCUT2D eigenvalue weighted by Crippen LogP contribution is -2.39. The van der Waals surface area contributed by atoms with Crippen LogP contribution in [0.4, 0.5) is 13.2 Å². The first-order valence-corrected chi connectivity index (χ1v) is 6.78. The number of alkyl halides is 3. The Balaban J connectivity index is 1.88. The Labute approximate surface area is 113 Å². The summed E-state index contributed by atoms with van der Waals surface area (Å²) in [6.07, 6.45) is -2.47. The minimum absolute atomic E-state index is 0.391. The molecular weight excluding hydrogens is 307 g/mol. The molecule has 5 heteroatoms. The molecule has 1 aromatic carbocycles. The summed E-state index contributed by atoms with van der Waals surface area (Å²) >= 11 is 3.38. The molecule has 0 aliphatic carbocycles. The van der Waals surface area contributed by atoms with Crippen LogP contribution < -0.4 is 0 Å². The van der Waals surface area contributed by atoms with Gasteiger partial charge in [-0.1, -0.05) is 28.1 Å². The Kier molecular flexibility index (Phi) is 4.33. The van der Waals surface area contributed by atoms with Gasteiger partial charge in [0, 0.05) is 4.47 Å². The van der Waals surface area contributed by atoms with E-state index in [1.165, 1.54) is 10.5 Å². The van der Waals surface area contributed by atoms with Crippen molar-refractivity contribution in [2.45, 2.75) is 24.9 Å². The maximum atomic E-state index is 12.3. The summed E-state index contributed by atoms with van der Waals surface area (Å²) in [5.41, 5.74) is 1.23. The van der Waals surface area contributed by atoms with Gasteiger partial charge in [-0.15, -0.1) is 0 Å². The molecule has 18 heavy (non-hydrogen) atoms. The first-order chi connectivity index (χ1) is 8.44. The first kappa shape index (κ1) is 13.9. The van der Waals surface area contributed by atoms with Gasteiger partial charge >= 0.3 is 6.18 Å². The van der Waals surface area contributed by atoms with Crippen molar-refractivity contribution in [1.29, 1.82) is 0 Å². The average Bonchev–Trinajstić information content (AvgIpc) is 2.29. The van der Waals surface area contributed by atoms with Crippen LogP contribution in [-0.4, -0.2) is 30.7 Å². The van der Waals surface area contributed by atoms with Crippen molar-refractivity contribution in [1.82, 2.24) is 4.90 Å². The summed E-state index contributed by atoms with van der Waals surface area (Å²) in [6, 6.07) is 8.07. The quantitative estimate of drug-likeness (QED) is 0.789. The van der Waals surface area contributed by atoms with E-state index in [4.69, 9.17) is 0 Å². The van der Waals surface area contributed by atoms with Crippen molar-refractivity contribution < 1.29 is 13.2 Å². The third kappa shape index (κ3) is 3.99. The van der Waals surface area contributed by atoms with E-state index in [1.54, 1.807) is 0 Å². The van der Waals surface area contributed by atoms with Crippen LogP contribution in [0.3, 0.4) is 0 Å². The summed E-state index contributed by atoms with van der Waals surface area (Å²) in [6.45, 7) is 0.278. The van der Waals surface area contributed by atoms with Crippen LogP contribution in [0.5, 0.6) is 0 Å². The molecule has 1 nitrogen and oxygen atoms in total. The van der Waals surface area contributed by atoms with Crippen molar-refractivity contribution in [3.63, 3.8) is 0 Å². The van der Waals surface area contributed by atoms with Crippen LogP contribution >= 0.6 is 15.9 Å².